The van der Waals surface area contributed by atoms with Gasteiger partial charge >= 0.3 is 0 Å². The van der Waals surface area contributed by atoms with Gasteiger partial charge in [0.15, 0.2) is 0 Å². The first-order valence-corrected chi connectivity index (χ1v) is 9.95. The standard InChI is InChI=1S/C24H28ClNO/c1-17(16-24(3,4)22-15-10-18(2)27-22)26-23(19-8-6-5-7-9-19)20-11-13-21(25)14-12-20/h5-15,17,23,26H,16H2,1-4H3/p+1/t17-,23+/m1/s1. The number of quaternary nitrogens is 1. The molecule has 0 unspecified atom stereocenters. The Kier molecular flexibility index (Phi) is 6.08. The maximum absolute atomic E-state index is 6.10. The molecular formula is C24H29ClNO+. The largest absolute Gasteiger partial charge is 0.466 e. The first kappa shape index (κ1) is 19.7. The molecule has 0 saturated carbocycles. The molecule has 0 aliphatic heterocycles. The van der Waals surface area contributed by atoms with Gasteiger partial charge in [0.1, 0.15) is 17.6 Å². The first-order chi connectivity index (χ1) is 12.8. The summed E-state index contributed by atoms with van der Waals surface area (Å²) in [4.78, 5) is 0. The number of aryl methyl sites for hydroxylation is 1. The minimum Gasteiger partial charge on any atom is -0.466 e. The van der Waals surface area contributed by atoms with Gasteiger partial charge in [0.25, 0.3) is 0 Å². The van der Waals surface area contributed by atoms with E-state index in [-0.39, 0.29) is 11.5 Å². The van der Waals surface area contributed by atoms with E-state index in [1.807, 2.05) is 25.1 Å². The number of hydrogen-bond donors (Lipinski definition) is 1. The summed E-state index contributed by atoms with van der Waals surface area (Å²) in [7, 11) is 0. The van der Waals surface area contributed by atoms with Crippen LogP contribution in [0.4, 0.5) is 0 Å². The SMILES string of the molecule is Cc1ccc(C(C)(C)C[C@@H](C)[NH2+][C@@H](c2ccccc2)c2ccc(Cl)cc2)o1. The lowest BCUT2D eigenvalue weighted by Gasteiger charge is -2.28. The second-order valence-electron chi connectivity index (χ2n) is 8.11. The smallest absolute Gasteiger partial charge is 0.137 e. The molecule has 0 amide bonds. The van der Waals surface area contributed by atoms with Gasteiger partial charge in [-0.3, -0.25) is 0 Å². The lowest BCUT2D eigenvalue weighted by Crippen LogP contribution is -2.90. The molecule has 1 aromatic heterocycles. The van der Waals surface area contributed by atoms with Crippen LogP contribution in [0.25, 0.3) is 0 Å². The molecule has 0 fully saturated rings. The van der Waals surface area contributed by atoms with Crippen molar-refractivity contribution in [1.29, 1.82) is 0 Å². The molecule has 2 aromatic carbocycles. The van der Waals surface area contributed by atoms with E-state index in [1.54, 1.807) is 0 Å². The van der Waals surface area contributed by atoms with E-state index in [1.165, 1.54) is 11.1 Å². The van der Waals surface area contributed by atoms with Gasteiger partial charge in [-0.15, -0.1) is 0 Å². The molecule has 27 heavy (non-hydrogen) atoms. The van der Waals surface area contributed by atoms with Gasteiger partial charge in [-0.1, -0.05) is 67.9 Å². The van der Waals surface area contributed by atoms with Crippen molar-refractivity contribution in [3.05, 3.63) is 94.4 Å². The van der Waals surface area contributed by atoms with E-state index in [0.717, 1.165) is 23.0 Å². The van der Waals surface area contributed by atoms with Crippen molar-refractivity contribution in [1.82, 2.24) is 0 Å². The molecule has 3 heteroatoms. The average Bonchev–Trinajstić information content (AvgIpc) is 3.08. The highest BCUT2D eigenvalue weighted by atomic mass is 35.5. The fourth-order valence-corrected chi connectivity index (χ4v) is 3.97. The summed E-state index contributed by atoms with van der Waals surface area (Å²) in [6.45, 7) is 8.81. The van der Waals surface area contributed by atoms with E-state index < -0.39 is 0 Å². The zero-order valence-corrected chi connectivity index (χ0v) is 17.3. The van der Waals surface area contributed by atoms with Crippen LogP contribution in [-0.2, 0) is 5.41 Å². The van der Waals surface area contributed by atoms with E-state index in [4.69, 9.17) is 16.0 Å². The summed E-state index contributed by atoms with van der Waals surface area (Å²) in [5.41, 5.74) is 2.56. The summed E-state index contributed by atoms with van der Waals surface area (Å²) >= 11 is 6.10. The lowest BCUT2D eigenvalue weighted by atomic mass is 9.83. The zero-order chi connectivity index (χ0) is 19.4. The number of rotatable bonds is 7. The van der Waals surface area contributed by atoms with Crippen LogP contribution in [0.15, 0.2) is 71.1 Å². The predicted molar refractivity (Wildman–Crippen MR) is 112 cm³/mol. The van der Waals surface area contributed by atoms with Crippen LogP contribution < -0.4 is 5.32 Å². The second-order valence-corrected chi connectivity index (χ2v) is 8.54. The molecule has 142 valence electrons. The summed E-state index contributed by atoms with van der Waals surface area (Å²) in [5.74, 6) is 2.03. The molecule has 0 aliphatic rings. The first-order valence-electron chi connectivity index (χ1n) is 9.57. The van der Waals surface area contributed by atoms with Crippen LogP contribution in [0.2, 0.25) is 5.02 Å². The van der Waals surface area contributed by atoms with Crippen LogP contribution >= 0.6 is 11.6 Å². The minimum atomic E-state index is -0.00852. The van der Waals surface area contributed by atoms with Crippen molar-refractivity contribution in [3.8, 4) is 0 Å². The Balaban J connectivity index is 1.80. The van der Waals surface area contributed by atoms with Crippen molar-refractivity contribution in [3.63, 3.8) is 0 Å². The molecule has 0 radical (unpaired) electrons. The van der Waals surface area contributed by atoms with Gasteiger partial charge in [-0.05, 0) is 38.1 Å². The van der Waals surface area contributed by atoms with E-state index in [0.29, 0.717) is 6.04 Å². The molecule has 2 N–H and O–H groups in total. The van der Waals surface area contributed by atoms with Crippen LogP contribution in [-0.4, -0.2) is 6.04 Å². The molecule has 0 bridgehead atoms. The highest BCUT2D eigenvalue weighted by Crippen LogP contribution is 2.30. The summed E-state index contributed by atoms with van der Waals surface area (Å²) < 4.78 is 5.91. The maximum Gasteiger partial charge on any atom is 0.137 e. The van der Waals surface area contributed by atoms with Gasteiger partial charge in [-0.25, -0.2) is 0 Å². The third kappa shape index (κ3) is 5.03. The number of halogens is 1. The normalized spacial score (nSPS) is 14.1. The number of benzene rings is 2. The summed E-state index contributed by atoms with van der Waals surface area (Å²) in [5, 5.41) is 3.23. The number of hydrogen-bond acceptors (Lipinski definition) is 1. The van der Waals surface area contributed by atoms with Crippen molar-refractivity contribution in [2.45, 2.75) is 51.6 Å². The van der Waals surface area contributed by atoms with Crippen molar-refractivity contribution >= 4 is 11.6 Å². The molecule has 2 nitrogen and oxygen atoms in total. The van der Waals surface area contributed by atoms with Crippen molar-refractivity contribution in [2.24, 2.45) is 0 Å². The Hall–Kier alpha value is -2.03. The Bertz CT molecular complexity index is 852. The fraction of sp³-hybridized carbons (Fsp3) is 0.333. The highest BCUT2D eigenvalue weighted by molar-refractivity contribution is 6.30. The van der Waals surface area contributed by atoms with E-state index in [9.17, 15) is 0 Å². The van der Waals surface area contributed by atoms with Gasteiger partial charge in [0.2, 0.25) is 0 Å². The molecule has 3 rings (SSSR count). The summed E-state index contributed by atoms with van der Waals surface area (Å²) in [6, 6.07) is 23.7. The molecule has 3 aromatic rings. The fourth-order valence-electron chi connectivity index (χ4n) is 3.85. The van der Waals surface area contributed by atoms with Crippen molar-refractivity contribution in [2.75, 3.05) is 0 Å². The third-order valence-electron chi connectivity index (χ3n) is 5.15. The maximum atomic E-state index is 6.10. The topological polar surface area (TPSA) is 29.8 Å². The van der Waals surface area contributed by atoms with Crippen LogP contribution in [0.1, 0.15) is 55.9 Å². The average molecular weight is 383 g/mol. The van der Waals surface area contributed by atoms with Crippen molar-refractivity contribution < 1.29 is 9.73 Å². The quantitative estimate of drug-likeness (QED) is 0.562. The number of nitrogens with two attached hydrogens (primary N) is 1. The van der Waals surface area contributed by atoms with Crippen LogP contribution in [0.3, 0.4) is 0 Å². The Morgan fingerprint density at radius 3 is 2.15 bits per heavy atom. The van der Waals surface area contributed by atoms with Crippen LogP contribution in [0.5, 0.6) is 0 Å². The van der Waals surface area contributed by atoms with Gasteiger partial charge in [0, 0.05) is 28.0 Å². The zero-order valence-electron chi connectivity index (χ0n) is 16.6. The summed E-state index contributed by atoms with van der Waals surface area (Å²) in [6.07, 6.45) is 1.02. The molecule has 0 saturated heterocycles. The van der Waals surface area contributed by atoms with E-state index >= 15 is 0 Å². The van der Waals surface area contributed by atoms with Gasteiger partial charge in [-0.2, -0.15) is 0 Å². The third-order valence-corrected chi connectivity index (χ3v) is 5.40. The highest BCUT2D eigenvalue weighted by Gasteiger charge is 2.30. The van der Waals surface area contributed by atoms with Gasteiger partial charge in [0.05, 0.1) is 6.04 Å². The molecule has 2 atom stereocenters. The monoisotopic (exact) mass is 382 g/mol. The van der Waals surface area contributed by atoms with E-state index in [2.05, 4.69) is 74.6 Å². The van der Waals surface area contributed by atoms with Gasteiger partial charge < -0.3 is 9.73 Å². The Labute approximate surface area is 167 Å². The molecule has 0 aliphatic carbocycles. The molecule has 0 spiro atoms. The number of furan rings is 1. The van der Waals surface area contributed by atoms with Crippen LogP contribution in [0, 0.1) is 6.92 Å². The molecular weight excluding hydrogens is 354 g/mol. The minimum absolute atomic E-state index is 0.00852. The Morgan fingerprint density at radius 1 is 0.926 bits per heavy atom. The second kappa shape index (κ2) is 8.33. The molecule has 1 heterocycles. The predicted octanol–water partition coefficient (Wildman–Crippen LogP) is 5.65. The Morgan fingerprint density at radius 2 is 1.56 bits per heavy atom. The lowest BCUT2D eigenvalue weighted by molar-refractivity contribution is -0.718.